The van der Waals surface area contributed by atoms with Crippen molar-refractivity contribution in [3.8, 4) is 0 Å². The minimum Gasteiger partial charge on any atom is -0.392 e. The van der Waals surface area contributed by atoms with Crippen LogP contribution in [0.3, 0.4) is 0 Å². The lowest BCUT2D eigenvalue weighted by Crippen LogP contribution is -2.22. The van der Waals surface area contributed by atoms with Crippen LogP contribution in [0.25, 0.3) is 0 Å². The highest BCUT2D eigenvalue weighted by Gasteiger charge is 2.27. The zero-order chi connectivity index (χ0) is 14.5. The van der Waals surface area contributed by atoms with Gasteiger partial charge in [-0.1, -0.05) is 86.3 Å². The fourth-order valence-corrected chi connectivity index (χ4v) is 3.68. The maximum absolute atomic E-state index is 10.9. The Bertz CT molecular complexity index is 489. The summed E-state index contributed by atoms with van der Waals surface area (Å²) in [5, 5.41) is 10.9. The van der Waals surface area contributed by atoms with Crippen molar-refractivity contribution in [2.75, 3.05) is 0 Å². The molecule has 1 nitrogen and oxygen atoms in total. The molecule has 1 aliphatic rings. The summed E-state index contributed by atoms with van der Waals surface area (Å²) >= 11 is 0. The van der Waals surface area contributed by atoms with Gasteiger partial charge < -0.3 is 5.11 Å². The SMILES string of the molecule is OC(CC1CCCC1)C(c1ccccc1)c1ccccc1. The van der Waals surface area contributed by atoms with Crippen molar-refractivity contribution in [2.45, 2.75) is 44.1 Å². The van der Waals surface area contributed by atoms with Gasteiger partial charge in [-0.05, 0) is 23.5 Å². The van der Waals surface area contributed by atoms with Crippen molar-refractivity contribution in [1.29, 1.82) is 0 Å². The van der Waals surface area contributed by atoms with Gasteiger partial charge in [0.05, 0.1) is 6.10 Å². The average molecular weight is 280 g/mol. The van der Waals surface area contributed by atoms with Crippen molar-refractivity contribution < 1.29 is 5.11 Å². The highest BCUT2D eigenvalue weighted by molar-refractivity contribution is 5.33. The Morgan fingerprint density at radius 3 is 1.76 bits per heavy atom. The Morgan fingerprint density at radius 1 is 0.810 bits per heavy atom. The maximum Gasteiger partial charge on any atom is 0.0651 e. The van der Waals surface area contributed by atoms with Crippen molar-refractivity contribution in [1.82, 2.24) is 0 Å². The minimum atomic E-state index is -0.294. The van der Waals surface area contributed by atoms with Crippen LogP contribution in [0.15, 0.2) is 60.7 Å². The number of rotatable bonds is 5. The van der Waals surface area contributed by atoms with E-state index in [2.05, 4.69) is 48.5 Å². The number of benzene rings is 2. The quantitative estimate of drug-likeness (QED) is 0.837. The van der Waals surface area contributed by atoms with E-state index in [0.29, 0.717) is 5.92 Å². The smallest absolute Gasteiger partial charge is 0.0651 e. The third-order valence-corrected chi connectivity index (χ3v) is 4.75. The number of aliphatic hydroxyl groups is 1. The molecule has 110 valence electrons. The Balaban J connectivity index is 1.85. The van der Waals surface area contributed by atoms with Crippen LogP contribution >= 0.6 is 0 Å². The fraction of sp³-hybridized carbons (Fsp3) is 0.400. The molecule has 1 heteroatoms. The normalized spacial score (nSPS) is 17.2. The average Bonchev–Trinajstić information content (AvgIpc) is 3.02. The molecule has 1 aliphatic carbocycles. The maximum atomic E-state index is 10.9. The van der Waals surface area contributed by atoms with Crippen molar-refractivity contribution in [3.05, 3.63) is 71.8 Å². The van der Waals surface area contributed by atoms with Gasteiger partial charge in [0.25, 0.3) is 0 Å². The van der Waals surface area contributed by atoms with E-state index in [1.165, 1.54) is 36.8 Å². The lowest BCUT2D eigenvalue weighted by molar-refractivity contribution is 0.126. The zero-order valence-electron chi connectivity index (χ0n) is 12.5. The van der Waals surface area contributed by atoms with Crippen molar-refractivity contribution in [3.63, 3.8) is 0 Å². The zero-order valence-corrected chi connectivity index (χ0v) is 12.5. The highest BCUT2D eigenvalue weighted by atomic mass is 16.3. The molecule has 2 aromatic rings. The number of hydrogen-bond donors (Lipinski definition) is 1. The van der Waals surface area contributed by atoms with E-state index < -0.39 is 0 Å². The molecule has 1 saturated carbocycles. The third kappa shape index (κ3) is 3.54. The van der Waals surface area contributed by atoms with Crippen LogP contribution in [0.4, 0.5) is 0 Å². The van der Waals surface area contributed by atoms with Gasteiger partial charge in [0.15, 0.2) is 0 Å². The highest BCUT2D eigenvalue weighted by Crippen LogP contribution is 2.35. The second kappa shape index (κ2) is 6.91. The standard InChI is InChI=1S/C20H24O/c21-19(15-16-9-7-8-10-16)20(17-11-3-1-4-12-17)18-13-5-2-6-14-18/h1-6,11-14,16,19-21H,7-10,15H2. The molecule has 0 aromatic heterocycles. The first-order valence-electron chi connectivity index (χ1n) is 8.12. The van der Waals surface area contributed by atoms with Crippen molar-refractivity contribution >= 4 is 0 Å². The predicted octanol–water partition coefficient (Wildman–Crippen LogP) is 4.76. The fourth-order valence-electron chi connectivity index (χ4n) is 3.68. The Morgan fingerprint density at radius 2 is 1.29 bits per heavy atom. The van der Waals surface area contributed by atoms with Gasteiger partial charge in [-0.2, -0.15) is 0 Å². The van der Waals surface area contributed by atoms with Gasteiger partial charge >= 0.3 is 0 Å². The van der Waals surface area contributed by atoms with E-state index in [9.17, 15) is 5.11 Å². The van der Waals surface area contributed by atoms with Gasteiger partial charge in [-0.25, -0.2) is 0 Å². The second-order valence-corrected chi connectivity index (χ2v) is 6.25. The molecule has 1 unspecified atom stereocenters. The lowest BCUT2D eigenvalue weighted by atomic mass is 9.82. The first-order chi connectivity index (χ1) is 10.3. The first-order valence-corrected chi connectivity index (χ1v) is 8.12. The molecule has 1 N–H and O–H groups in total. The molecule has 3 rings (SSSR count). The second-order valence-electron chi connectivity index (χ2n) is 6.25. The summed E-state index contributed by atoms with van der Waals surface area (Å²) in [6.45, 7) is 0. The van der Waals surface area contributed by atoms with Gasteiger partial charge in [0, 0.05) is 5.92 Å². The molecule has 1 fully saturated rings. The molecular formula is C20H24O. The third-order valence-electron chi connectivity index (χ3n) is 4.75. The molecule has 21 heavy (non-hydrogen) atoms. The first kappa shape index (κ1) is 14.3. The molecule has 2 aromatic carbocycles. The molecule has 1 atom stereocenters. The van der Waals surface area contributed by atoms with E-state index in [1.807, 2.05) is 12.1 Å². The number of aliphatic hydroxyl groups excluding tert-OH is 1. The molecule has 0 radical (unpaired) electrons. The Labute approximate surface area is 127 Å². The summed E-state index contributed by atoms with van der Waals surface area (Å²) in [7, 11) is 0. The van der Waals surface area contributed by atoms with E-state index in [0.717, 1.165) is 6.42 Å². The molecule has 0 spiro atoms. The monoisotopic (exact) mass is 280 g/mol. The van der Waals surface area contributed by atoms with Crippen LogP contribution in [-0.2, 0) is 0 Å². The lowest BCUT2D eigenvalue weighted by Gasteiger charge is -2.26. The van der Waals surface area contributed by atoms with E-state index in [-0.39, 0.29) is 12.0 Å². The molecule has 0 bridgehead atoms. The molecule has 0 heterocycles. The van der Waals surface area contributed by atoms with Gasteiger partial charge in [0.2, 0.25) is 0 Å². The van der Waals surface area contributed by atoms with Crippen LogP contribution in [-0.4, -0.2) is 11.2 Å². The summed E-state index contributed by atoms with van der Waals surface area (Å²) < 4.78 is 0. The van der Waals surface area contributed by atoms with Crippen LogP contribution in [0.5, 0.6) is 0 Å². The van der Waals surface area contributed by atoms with Crippen LogP contribution in [0.2, 0.25) is 0 Å². The summed E-state index contributed by atoms with van der Waals surface area (Å²) in [6, 6.07) is 20.9. The molecular weight excluding hydrogens is 256 g/mol. The minimum absolute atomic E-state index is 0.0907. The van der Waals surface area contributed by atoms with E-state index >= 15 is 0 Å². The van der Waals surface area contributed by atoms with E-state index in [4.69, 9.17) is 0 Å². The Hall–Kier alpha value is -1.60. The van der Waals surface area contributed by atoms with Crippen molar-refractivity contribution in [2.24, 2.45) is 5.92 Å². The Kier molecular flexibility index (Phi) is 4.72. The summed E-state index contributed by atoms with van der Waals surface area (Å²) in [5.41, 5.74) is 2.43. The largest absolute Gasteiger partial charge is 0.392 e. The van der Waals surface area contributed by atoms with Gasteiger partial charge in [-0.15, -0.1) is 0 Å². The van der Waals surface area contributed by atoms with E-state index in [1.54, 1.807) is 0 Å². The van der Waals surface area contributed by atoms with Crippen LogP contribution in [0.1, 0.15) is 49.1 Å². The molecule has 0 amide bonds. The number of hydrogen-bond acceptors (Lipinski definition) is 1. The van der Waals surface area contributed by atoms with Crippen LogP contribution in [0, 0.1) is 5.92 Å². The van der Waals surface area contributed by atoms with Gasteiger partial charge in [0.1, 0.15) is 0 Å². The van der Waals surface area contributed by atoms with Gasteiger partial charge in [-0.3, -0.25) is 0 Å². The molecule has 0 saturated heterocycles. The topological polar surface area (TPSA) is 20.2 Å². The molecule has 0 aliphatic heterocycles. The van der Waals surface area contributed by atoms with Crippen LogP contribution < -0.4 is 0 Å². The predicted molar refractivity (Wildman–Crippen MR) is 87.3 cm³/mol. The summed E-state index contributed by atoms with van der Waals surface area (Å²) in [4.78, 5) is 0. The summed E-state index contributed by atoms with van der Waals surface area (Å²) in [5.74, 6) is 0.794. The summed E-state index contributed by atoms with van der Waals surface area (Å²) in [6.07, 6.45) is 5.87.